The largest absolute Gasteiger partial charge is 0.495 e. The Kier molecular flexibility index (Phi) is 5.80. The number of carbonyl (C=O) groups excluding carboxylic acids is 1. The summed E-state index contributed by atoms with van der Waals surface area (Å²) in [5.41, 5.74) is 2.69. The molecular weight excluding hydrogens is 376 g/mol. The van der Waals surface area contributed by atoms with Gasteiger partial charge in [-0.3, -0.25) is 4.79 Å². The van der Waals surface area contributed by atoms with Crippen LogP contribution in [0.25, 0.3) is 0 Å². The average molecular weight is 397 g/mol. The van der Waals surface area contributed by atoms with E-state index < -0.39 is 0 Å². The molecule has 0 bridgehead atoms. The molecule has 0 aliphatic heterocycles. The molecule has 0 spiro atoms. The number of carbonyl (C=O) groups is 1. The van der Waals surface area contributed by atoms with E-state index in [4.69, 9.17) is 16.3 Å². The van der Waals surface area contributed by atoms with Gasteiger partial charge in [-0.2, -0.15) is 0 Å². The zero-order chi connectivity index (χ0) is 20.3. The number of methoxy groups -OCH3 is 1. The minimum absolute atomic E-state index is 0.223. The van der Waals surface area contributed by atoms with Crippen molar-refractivity contribution in [1.82, 2.24) is 9.97 Å². The smallest absolute Gasteiger partial charge is 0.276 e. The molecule has 0 aliphatic carbocycles. The van der Waals surface area contributed by atoms with Gasteiger partial charge in [0.15, 0.2) is 0 Å². The molecule has 0 unspecified atom stereocenters. The zero-order valence-electron chi connectivity index (χ0n) is 16.2. The third-order valence-corrected chi connectivity index (χ3v) is 4.66. The number of para-hydroxylation sites is 1. The third-order valence-electron chi connectivity index (χ3n) is 4.25. The number of hydrogen-bond acceptors (Lipinski definition) is 5. The van der Waals surface area contributed by atoms with E-state index in [2.05, 4.69) is 15.3 Å². The van der Waals surface area contributed by atoms with Crippen LogP contribution in [-0.4, -0.2) is 30.0 Å². The van der Waals surface area contributed by atoms with E-state index in [1.165, 1.54) is 0 Å². The lowest BCUT2D eigenvalue weighted by Crippen LogP contribution is -2.27. The molecule has 0 atom stereocenters. The highest BCUT2D eigenvalue weighted by Crippen LogP contribution is 2.32. The summed E-state index contributed by atoms with van der Waals surface area (Å²) in [6.07, 6.45) is 0. The van der Waals surface area contributed by atoms with Crippen molar-refractivity contribution in [3.05, 3.63) is 70.6 Å². The molecule has 1 heterocycles. The van der Waals surface area contributed by atoms with Crippen LogP contribution in [0.4, 0.5) is 17.2 Å². The van der Waals surface area contributed by atoms with Crippen LogP contribution in [0, 0.1) is 13.8 Å². The fraction of sp³-hybridized carbons (Fsp3) is 0.190. The molecule has 2 aromatic carbocycles. The first kappa shape index (κ1) is 19.6. The Morgan fingerprint density at radius 3 is 2.50 bits per heavy atom. The van der Waals surface area contributed by atoms with E-state index >= 15 is 0 Å². The summed E-state index contributed by atoms with van der Waals surface area (Å²) >= 11 is 6.17. The SMILES string of the molecule is COc1cc(Cl)c(C)cc1Nc1cc(C(=O)N(C)c2ccccc2)nc(C)n1. The normalized spacial score (nSPS) is 10.5. The van der Waals surface area contributed by atoms with Crippen LogP contribution < -0.4 is 15.0 Å². The van der Waals surface area contributed by atoms with E-state index in [1.807, 2.05) is 43.3 Å². The number of nitrogens with one attached hydrogen (secondary N) is 1. The van der Waals surface area contributed by atoms with Crippen molar-refractivity contribution in [3.8, 4) is 5.75 Å². The number of rotatable bonds is 5. The van der Waals surface area contributed by atoms with Crippen LogP contribution in [0.5, 0.6) is 5.75 Å². The summed E-state index contributed by atoms with van der Waals surface area (Å²) in [4.78, 5) is 23.1. The van der Waals surface area contributed by atoms with Crippen LogP contribution in [0.15, 0.2) is 48.5 Å². The van der Waals surface area contributed by atoms with E-state index in [1.54, 1.807) is 38.1 Å². The molecule has 1 aromatic heterocycles. The Bertz CT molecular complexity index is 1010. The van der Waals surface area contributed by atoms with Gasteiger partial charge < -0.3 is 15.0 Å². The molecule has 0 saturated heterocycles. The number of halogens is 1. The van der Waals surface area contributed by atoms with Crippen molar-refractivity contribution in [3.63, 3.8) is 0 Å². The van der Waals surface area contributed by atoms with Crippen molar-refractivity contribution < 1.29 is 9.53 Å². The van der Waals surface area contributed by atoms with Crippen molar-refractivity contribution in [1.29, 1.82) is 0 Å². The van der Waals surface area contributed by atoms with Crippen molar-refractivity contribution in [2.75, 3.05) is 24.4 Å². The number of anilines is 3. The lowest BCUT2D eigenvalue weighted by atomic mass is 10.2. The van der Waals surface area contributed by atoms with Gasteiger partial charge in [-0.1, -0.05) is 29.8 Å². The van der Waals surface area contributed by atoms with Gasteiger partial charge >= 0.3 is 0 Å². The first-order chi connectivity index (χ1) is 13.4. The van der Waals surface area contributed by atoms with Crippen LogP contribution in [0.3, 0.4) is 0 Å². The Morgan fingerprint density at radius 2 is 1.82 bits per heavy atom. The highest BCUT2D eigenvalue weighted by atomic mass is 35.5. The van der Waals surface area contributed by atoms with E-state index in [0.717, 1.165) is 11.3 Å². The molecule has 3 rings (SSSR count). The fourth-order valence-corrected chi connectivity index (χ4v) is 2.90. The fourth-order valence-electron chi connectivity index (χ4n) is 2.75. The molecular formula is C21H21ClN4O2. The van der Waals surface area contributed by atoms with Crippen LogP contribution in [0.1, 0.15) is 21.9 Å². The first-order valence-electron chi connectivity index (χ1n) is 8.69. The molecule has 0 radical (unpaired) electrons. The number of aryl methyl sites for hydroxylation is 2. The van der Waals surface area contributed by atoms with Gasteiger partial charge in [-0.15, -0.1) is 0 Å². The standard InChI is InChI=1S/C21H21ClN4O2/c1-13-10-17(19(28-4)11-16(13)22)25-20-12-18(23-14(2)24-20)21(27)26(3)15-8-6-5-7-9-15/h5-12H,1-4H3,(H,23,24,25). The lowest BCUT2D eigenvalue weighted by Gasteiger charge is -2.18. The minimum Gasteiger partial charge on any atom is -0.495 e. The topological polar surface area (TPSA) is 67.3 Å². The number of aromatic nitrogens is 2. The highest BCUT2D eigenvalue weighted by molar-refractivity contribution is 6.31. The van der Waals surface area contributed by atoms with E-state index in [0.29, 0.717) is 33.8 Å². The highest BCUT2D eigenvalue weighted by Gasteiger charge is 2.17. The quantitative estimate of drug-likeness (QED) is 0.672. The first-order valence-corrected chi connectivity index (χ1v) is 9.07. The van der Waals surface area contributed by atoms with Gasteiger partial charge in [-0.05, 0) is 37.6 Å². The molecule has 7 heteroatoms. The van der Waals surface area contributed by atoms with Crippen molar-refractivity contribution in [2.45, 2.75) is 13.8 Å². The summed E-state index contributed by atoms with van der Waals surface area (Å²) in [6.45, 7) is 3.65. The Morgan fingerprint density at radius 1 is 1.11 bits per heavy atom. The summed E-state index contributed by atoms with van der Waals surface area (Å²) in [6, 6.07) is 14.6. The number of benzene rings is 2. The molecule has 3 aromatic rings. The molecule has 0 saturated carbocycles. The minimum atomic E-state index is -0.223. The maximum atomic E-state index is 12.9. The number of ether oxygens (including phenoxy) is 1. The average Bonchev–Trinajstić information content (AvgIpc) is 2.69. The van der Waals surface area contributed by atoms with Gasteiger partial charge in [0, 0.05) is 29.9 Å². The number of hydrogen-bond donors (Lipinski definition) is 1. The lowest BCUT2D eigenvalue weighted by molar-refractivity contribution is 0.0988. The van der Waals surface area contributed by atoms with Crippen molar-refractivity contribution in [2.24, 2.45) is 0 Å². The predicted octanol–water partition coefficient (Wildman–Crippen LogP) is 4.78. The second-order valence-corrected chi connectivity index (χ2v) is 6.72. The molecule has 6 nitrogen and oxygen atoms in total. The van der Waals surface area contributed by atoms with Crippen LogP contribution in [0.2, 0.25) is 5.02 Å². The second-order valence-electron chi connectivity index (χ2n) is 6.31. The van der Waals surface area contributed by atoms with Gasteiger partial charge in [0.1, 0.15) is 23.1 Å². The van der Waals surface area contributed by atoms with Gasteiger partial charge in [-0.25, -0.2) is 9.97 Å². The molecule has 1 amide bonds. The van der Waals surface area contributed by atoms with E-state index in [9.17, 15) is 4.79 Å². The Hall–Kier alpha value is -3.12. The molecule has 144 valence electrons. The molecule has 0 fully saturated rings. The third kappa shape index (κ3) is 4.23. The molecule has 0 aliphatic rings. The number of nitrogens with zero attached hydrogens (tertiary/aromatic N) is 3. The Balaban J connectivity index is 1.92. The summed E-state index contributed by atoms with van der Waals surface area (Å²) in [5, 5.41) is 3.81. The van der Waals surface area contributed by atoms with Crippen LogP contribution in [-0.2, 0) is 0 Å². The van der Waals surface area contributed by atoms with Gasteiger partial charge in [0.25, 0.3) is 5.91 Å². The maximum Gasteiger partial charge on any atom is 0.276 e. The van der Waals surface area contributed by atoms with Gasteiger partial charge in [0.05, 0.1) is 12.8 Å². The number of amides is 1. The molecule has 1 N–H and O–H groups in total. The summed E-state index contributed by atoms with van der Waals surface area (Å²) in [5.74, 6) is 1.34. The monoisotopic (exact) mass is 396 g/mol. The maximum absolute atomic E-state index is 12.9. The van der Waals surface area contributed by atoms with Gasteiger partial charge in [0.2, 0.25) is 0 Å². The van der Waals surface area contributed by atoms with Crippen molar-refractivity contribution >= 4 is 34.7 Å². The summed E-state index contributed by atoms with van der Waals surface area (Å²) in [7, 11) is 3.29. The van der Waals surface area contributed by atoms with Crippen LogP contribution >= 0.6 is 11.6 Å². The predicted molar refractivity (Wildman–Crippen MR) is 112 cm³/mol. The Labute approximate surface area is 169 Å². The second kappa shape index (κ2) is 8.27. The van der Waals surface area contributed by atoms with E-state index in [-0.39, 0.29) is 5.91 Å². The zero-order valence-corrected chi connectivity index (χ0v) is 16.9. The molecule has 28 heavy (non-hydrogen) atoms. The summed E-state index contributed by atoms with van der Waals surface area (Å²) < 4.78 is 5.39.